The van der Waals surface area contributed by atoms with Crippen molar-refractivity contribution in [2.45, 2.75) is 12.8 Å². The van der Waals surface area contributed by atoms with Gasteiger partial charge < -0.3 is 10.6 Å². The number of anilines is 1. The minimum Gasteiger partial charge on any atom is -0.331 e. The van der Waals surface area contributed by atoms with Gasteiger partial charge in [0.25, 0.3) is 5.69 Å². The van der Waals surface area contributed by atoms with Crippen LogP contribution in [0.15, 0.2) is 42.5 Å². The van der Waals surface area contributed by atoms with Crippen LogP contribution in [0.2, 0.25) is 10.0 Å². The Labute approximate surface area is 159 Å². The summed E-state index contributed by atoms with van der Waals surface area (Å²) < 4.78 is 0. The summed E-state index contributed by atoms with van der Waals surface area (Å²) in [5, 5.41) is 16.7. The van der Waals surface area contributed by atoms with Crippen LogP contribution in [-0.2, 0) is 11.2 Å². The number of nitro benzene ring substituents is 1. The van der Waals surface area contributed by atoms with Crippen LogP contribution in [0.4, 0.5) is 11.4 Å². The second-order valence-electron chi connectivity index (χ2n) is 5.01. The molecule has 2 aromatic rings. The van der Waals surface area contributed by atoms with Crippen molar-refractivity contribution in [1.82, 2.24) is 5.32 Å². The monoisotopic (exact) mass is 397 g/mol. The number of hydrogen-bond acceptors (Lipinski definition) is 4. The third-order valence-corrected chi connectivity index (χ3v) is 4.13. The Kier molecular flexibility index (Phi) is 6.69. The minimum absolute atomic E-state index is 0.0555. The topological polar surface area (TPSA) is 84.3 Å². The zero-order valence-electron chi connectivity index (χ0n) is 12.8. The van der Waals surface area contributed by atoms with Crippen molar-refractivity contribution in [3.05, 3.63) is 68.2 Å². The summed E-state index contributed by atoms with van der Waals surface area (Å²) in [7, 11) is 0. The quantitative estimate of drug-likeness (QED) is 0.445. The van der Waals surface area contributed by atoms with Gasteiger partial charge in [0.15, 0.2) is 5.11 Å². The highest BCUT2D eigenvalue weighted by atomic mass is 35.5. The molecule has 0 aliphatic rings. The van der Waals surface area contributed by atoms with Gasteiger partial charge in [-0.1, -0.05) is 41.4 Å². The van der Waals surface area contributed by atoms with E-state index in [-0.39, 0.29) is 28.2 Å². The summed E-state index contributed by atoms with van der Waals surface area (Å²) in [4.78, 5) is 22.1. The Morgan fingerprint density at radius 1 is 1.16 bits per heavy atom. The first-order valence-electron chi connectivity index (χ1n) is 7.15. The molecule has 0 radical (unpaired) electrons. The fourth-order valence-corrected chi connectivity index (χ4v) is 2.69. The van der Waals surface area contributed by atoms with E-state index in [1.807, 2.05) is 18.2 Å². The molecule has 0 atom stereocenters. The van der Waals surface area contributed by atoms with Gasteiger partial charge in [-0.25, -0.2) is 0 Å². The normalized spacial score (nSPS) is 10.2. The lowest BCUT2D eigenvalue weighted by molar-refractivity contribution is -0.384. The van der Waals surface area contributed by atoms with Gasteiger partial charge >= 0.3 is 0 Å². The van der Waals surface area contributed by atoms with Crippen LogP contribution in [0.25, 0.3) is 0 Å². The van der Waals surface area contributed by atoms with E-state index in [2.05, 4.69) is 10.6 Å². The number of nitrogens with zero attached hydrogens (tertiary/aromatic N) is 1. The molecule has 6 nitrogen and oxygen atoms in total. The molecule has 130 valence electrons. The Bertz CT molecular complexity index is 830. The van der Waals surface area contributed by atoms with Gasteiger partial charge in [-0.3, -0.25) is 14.9 Å². The highest BCUT2D eigenvalue weighted by Gasteiger charge is 2.12. The summed E-state index contributed by atoms with van der Waals surface area (Å²) in [5.41, 5.74) is 1.10. The van der Waals surface area contributed by atoms with Gasteiger partial charge in [0.05, 0.1) is 15.6 Å². The first-order valence-corrected chi connectivity index (χ1v) is 8.31. The van der Waals surface area contributed by atoms with Crippen LogP contribution in [0.3, 0.4) is 0 Å². The maximum absolute atomic E-state index is 12.0. The predicted molar refractivity (Wildman–Crippen MR) is 102 cm³/mol. The second kappa shape index (κ2) is 8.75. The molecule has 0 fully saturated rings. The molecule has 0 saturated carbocycles. The van der Waals surface area contributed by atoms with E-state index in [4.69, 9.17) is 35.4 Å². The fourth-order valence-electron chi connectivity index (χ4n) is 2.01. The molecule has 1 amide bonds. The Morgan fingerprint density at radius 3 is 2.52 bits per heavy atom. The summed E-state index contributed by atoms with van der Waals surface area (Å²) >= 11 is 17.1. The van der Waals surface area contributed by atoms with E-state index in [9.17, 15) is 14.9 Å². The Hall–Kier alpha value is -2.22. The van der Waals surface area contributed by atoms with Gasteiger partial charge in [0.1, 0.15) is 0 Å². The molecule has 0 aliphatic heterocycles. The van der Waals surface area contributed by atoms with Gasteiger partial charge in [0, 0.05) is 23.6 Å². The van der Waals surface area contributed by atoms with Crippen molar-refractivity contribution in [1.29, 1.82) is 0 Å². The number of nitrogens with one attached hydrogen (secondary N) is 2. The number of benzene rings is 2. The molecule has 0 unspecified atom stereocenters. The van der Waals surface area contributed by atoms with Crippen LogP contribution in [0, 0.1) is 10.1 Å². The van der Waals surface area contributed by atoms with Gasteiger partial charge in [-0.15, -0.1) is 0 Å². The number of halogens is 2. The minimum atomic E-state index is -0.551. The molecule has 2 N–H and O–H groups in total. The van der Waals surface area contributed by atoms with Crippen molar-refractivity contribution in [2.24, 2.45) is 0 Å². The van der Waals surface area contributed by atoms with Crippen molar-refractivity contribution in [3.63, 3.8) is 0 Å². The number of carbonyl (C=O) groups excluding carboxylic acids is 1. The van der Waals surface area contributed by atoms with Gasteiger partial charge in [0.2, 0.25) is 5.91 Å². The fraction of sp³-hybridized carbons (Fsp3) is 0.125. The molecule has 0 aromatic heterocycles. The molecule has 0 saturated heterocycles. The predicted octanol–water partition coefficient (Wildman–Crippen LogP) is 4.35. The lowest BCUT2D eigenvalue weighted by Gasteiger charge is -2.11. The van der Waals surface area contributed by atoms with Crippen LogP contribution in [0.1, 0.15) is 12.0 Å². The molecule has 0 heterocycles. The van der Waals surface area contributed by atoms with Crippen LogP contribution >= 0.6 is 35.4 Å². The number of nitro groups is 1. The van der Waals surface area contributed by atoms with E-state index in [0.717, 1.165) is 5.56 Å². The average molecular weight is 398 g/mol. The van der Waals surface area contributed by atoms with Gasteiger partial charge in [-0.05, 0) is 36.3 Å². The number of carbonyl (C=O) groups is 1. The zero-order chi connectivity index (χ0) is 18.4. The van der Waals surface area contributed by atoms with Crippen molar-refractivity contribution in [3.8, 4) is 0 Å². The van der Waals surface area contributed by atoms with E-state index in [1.165, 1.54) is 18.2 Å². The number of thiocarbonyl (C=S) groups is 1. The lowest BCUT2D eigenvalue weighted by atomic mass is 10.1. The highest BCUT2D eigenvalue weighted by molar-refractivity contribution is 7.80. The Morgan fingerprint density at radius 2 is 1.88 bits per heavy atom. The summed E-state index contributed by atoms with van der Waals surface area (Å²) in [6.45, 7) is 0. The number of non-ortho nitro benzene ring substituents is 1. The molecule has 9 heteroatoms. The smallest absolute Gasteiger partial charge is 0.271 e. The molecule has 0 aliphatic carbocycles. The molecule has 2 aromatic carbocycles. The first kappa shape index (κ1) is 19.1. The third kappa shape index (κ3) is 5.67. The van der Waals surface area contributed by atoms with Crippen LogP contribution in [0.5, 0.6) is 0 Å². The van der Waals surface area contributed by atoms with Crippen molar-refractivity contribution < 1.29 is 9.72 Å². The number of hydrogen-bond donors (Lipinski definition) is 2. The van der Waals surface area contributed by atoms with E-state index >= 15 is 0 Å². The van der Waals surface area contributed by atoms with E-state index in [0.29, 0.717) is 17.1 Å². The van der Waals surface area contributed by atoms with Crippen molar-refractivity contribution in [2.75, 3.05) is 5.32 Å². The first-order chi connectivity index (χ1) is 11.9. The standard InChI is InChI=1S/C16H13Cl2N3O3S/c17-12-4-2-1-3-10(12)5-8-15(22)20-16(25)19-14-7-6-11(21(23)24)9-13(14)18/h1-4,6-7,9H,5,8H2,(H2,19,20,22,25). The summed E-state index contributed by atoms with van der Waals surface area (Å²) in [5.74, 6) is -0.282. The highest BCUT2D eigenvalue weighted by Crippen LogP contribution is 2.26. The Balaban J connectivity index is 1.88. The second-order valence-corrected chi connectivity index (χ2v) is 6.24. The zero-order valence-corrected chi connectivity index (χ0v) is 15.1. The number of amides is 1. The number of rotatable bonds is 5. The maximum atomic E-state index is 12.0. The third-order valence-electron chi connectivity index (χ3n) is 3.24. The molecule has 0 spiro atoms. The summed E-state index contributed by atoms with van der Waals surface area (Å²) in [6.07, 6.45) is 0.686. The summed E-state index contributed by atoms with van der Waals surface area (Å²) in [6, 6.07) is 11.2. The molecular formula is C16H13Cl2N3O3S. The number of aryl methyl sites for hydroxylation is 1. The molecular weight excluding hydrogens is 385 g/mol. The molecule has 25 heavy (non-hydrogen) atoms. The van der Waals surface area contributed by atoms with E-state index < -0.39 is 4.92 Å². The molecule has 2 rings (SSSR count). The van der Waals surface area contributed by atoms with E-state index in [1.54, 1.807) is 6.07 Å². The average Bonchev–Trinajstić information content (AvgIpc) is 2.55. The lowest BCUT2D eigenvalue weighted by Crippen LogP contribution is -2.34. The van der Waals surface area contributed by atoms with Gasteiger partial charge in [-0.2, -0.15) is 0 Å². The largest absolute Gasteiger partial charge is 0.331 e. The maximum Gasteiger partial charge on any atom is 0.271 e. The SMILES string of the molecule is O=C(CCc1ccccc1Cl)NC(=S)Nc1ccc([N+](=O)[O-])cc1Cl. The van der Waals surface area contributed by atoms with Crippen molar-refractivity contribution >= 4 is 57.8 Å². The van der Waals surface area contributed by atoms with Crippen LogP contribution < -0.4 is 10.6 Å². The molecule has 0 bridgehead atoms. The van der Waals surface area contributed by atoms with Crippen LogP contribution in [-0.4, -0.2) is 15.9 Å².